The molecule has 0 bridgehead atoms. The van der Waals surface area contributed by atoms with Crippen molar-refractivity contribution in [3.63, 3.8) is 0 Å². The summed E-state index contributed by atoms with van der Waals surface area (Å²) in [5, 5.41) is 4.19. The van der Waals surface area contributed by atoms with Crippen LogP contribution in [0.2, 0.25) is 0 Å². The third kappa shape index (κ3) is 3.36. The lowest BCUT2D eigenvalue weighted by Crippen LogP contribution is -2.10. The van der Waals surface area contributed by atoms with E-state index in [4.69, 9.17) is 4.42 Å². The van der Waals surface area contributed by atoms with Gasteiger partial charge in [-0.25, -0.2) is 9.37 Å². The number of benzene rings is 2. The molecule has 4 nitrogen and oxygen atoms in total. The molecular formula is C20H15FN2O2S. The number of thiazole rings is 1. The summed E-state index contributed by atoms with van der Waals surface area (Å²) in [5.74, 6) is -0.337. The maximum atomic E-state index is 13.0. The first kappa shape index (κ1) is 16.5. The molecule has 0 unspecified atom stereocenters. The van der Waals surface area contributed by atoms with E-state index >= 15 is 0 Å². The van der Waals surface area contributed by atoms with Gasteiger partial charge >= 0.3 is 0 Å². The average Bonchev–Trinajstić information content (AvgIpc) is 3.20. The van der Waals surface area contributed by atoms with Crippen molar-refractivity contribution in [1.29, 1.82) is 0 Å². The number of halogens is 1. The zero-order chi connectivity index (χ0) is 18.1. The van der Waals surface area contributed by atoms with Crippen LogP contribution >= 0.6 is 11.3 Å². The molecule has 0 fully saturated rings. The molecule has 26 heavy (non-hydrogen) atoms. The number of carbonyl (C=O) groups excluding carboxylic acids is 1. The first-order valence-electron chi connectivity index (χ1n) is 8.09. The van der Waals surface area contributed by atoms with E-state index in [0.717, 1.165) is 21.5 Å². The van der Waals surface area contributed by atoms with Gasteiger partial charge < -0.3 is 4.42 Å². The van der Waals surface area contributed by atoms with Crippen LogP contribution in [0.3, 0.4) is 0 Å². The Morgan fingerprint density at radius 2 is 1.96 bits per heavy atom. The van der Waals surface area contributed by atoms with E-state index < -0.39 is 0 Å². The molecule has 0 saturated heterocycles. The number of nitrogens with zero attached hydrogens (tertiary/aromatic N) is 1. The molecule has 2 heterocycles. The van der Waals surface area contributed by atoms with E-state index in [1.807, 2.05) is 31.2 Å². The normalized spacial score (nSPS) is 11.0. The molecule has 0 saturated carbocycles. The minimum absolute atomic E-state index is 0.249. The highest BCUT2D eigenvalue weighted by Crippen LogP contribution is 2.26. The van der Waals surface area contributed by atoms with Gasteiger partial charge in [-0.1, -0.05) is 30.3 Å². The first-order valence-corrected chi connectivity index (χ1v) is 8.91. The third-order valence-electron chi connectivity index (χ3n) is 4.04. The monoisotopic (exact) mass is 366 g/mol. The number of para-hydroxylation sites is 1. The number of furan rings is 1. The Kier molecular flexibility index (Phi) is 4.26. The number of aromatic nitrogens is 1. The van der Waals surface area contributed by atoms with Crippen molar-refractivity contribution in [2.75, 3.05) is 5.32 Å². The van der Waals surface area contributed by atoms with Crippen molar-refractivity contribution in [3.8, 4) is 0 Å². The van der Waals surface area contributed by atoms with Gasteiger partial charge in [-0.05, 0) is 36.8 Å². The summed E-state index contributed by atoms with van der Waals surface area (Å²) in [6.45, 7) is 1.90. The van der Waals surface area contributed by atoms with Gasteiger partial charge in [-0.15, -0.1) is 11.3 Å². The van der Waals surface area contributed by atoms with Gasteiger partial charge in [0.05, 0.1) is 5.69 Å². The number of fused-ring (bicyclic) bond motifs is 1. The van der Waals surface area contributed by atoms with Crippen LogP contribution in [0.1, 0.15) is 26.7 Å². The highest BCUT2D eigenvalue weighted by molar-refractivity contribution is 7.15. The van der Waals surface area contributed by atoms with Crippen LogP contribution in [0.15, 0.2) is 59.0 Å². The average molecular weight is 366 g/mol. The first-order chi connectivity index (χ1) is 12.6. The van der Waals surface area contributed by atoms with E-state index in [1.165, 1.54) is 23.5 Å². The van der Waals surface area contributed by atoms with Gasteiger partial charge in [0.2, 0.25) is 0 Å². The molecular weight excluding hydrogens is 351 g/mol. The van der Waals surface area contributed by atoms with Crippen molar-refractivity contribution >= 4 is 33.3 Å². The van der Waals surface area contributed by atoms with Gasteiger partial charge in [0.1, 0.15) is 11.4 Å². The van der Waals surface area contributed by atoms with Crippen LogP contribution in [0.4, 0.5) is 9.52 Å². The van der Waals surface area contributed by atoms with Gasteiger partial charge in [-0.3, -0.25) is 10.1 Å². The van der Waals surface area contributed by atoms with E-state index in [-0.39, 0.29) is 17.5 Å². The fourth-order valence-corrected chi connectivity index (χ4v) is 3.68. The van der Waals surface area contributed by atoms with Crippen LogP contribution in [0.5, 0.6) is 0 Å². The Morgan fingerprint density at radius 3 is 2.73 bits per heavy atom. The van der Waals surface area contributed by atoms with Crippen molar-refractivity contribution < 1.29 is 13.6 Å². The lowest BCUT2D eigenvalue weighted by atomic mass is 10.1. The number of hydrogen-bond acceptors (Lipinski definition) is 4. The zero-order valence-electron chi connectivity index (χ0n) is 14.0. The van der Waals surface area contributed by atoms with E-state index in [1.54, 1.807) is 18.2 Å². The summed E-state index contributed by atoms with van der Waals surface area (Å²) in [6, 6.07) is 15.6. The highest BCUT2D eigenvalue weighted by atomic mass is 32.1. The third-order valence-corrected chi connectivity index (χ3v) is 5.11. The number of nitrogens with one attached hydrogen (secondary N) is 1. The Balaban J connectivity index is 1.51. The largest absolute Gasteiger partial charge is 0.451 e. The van der Waals surface area contributed by atoms with Crippen LogP contribution in [0, 0.1) is 12.7 Å². The molecule has 4 aromatic rings. The molecule has 1 N–H and O–H groups in total. The molecule has 0 radical (unpaired) electrons. The molecule has 0 atom stereocenters. The molecule has 0 spiro atoms. The summed E-state index contributed by atoms with van der Waals surface area (Å²) < 4.78 is 18.6. The lowest BCUT2D eigenvalue weighted by molar-refractivity contribution is 0.0998. The van der Waals surface area contributed by atoms with Crippen molar-refractivity contribution in [2.24, 2.45) is 0 Å². The molecule has 0 aliphatic rings. The van der Waals surface area contributed by atoms with Crippen LogP contribution < -0.4 is 5.32 Å². The molecule has 0 aliphatic carbocycles. The molecule has 2 aromatic heterocycles. The minimum Gasteiger partial charge on any atom is -0.451 e. The Labute approximate surface area is 153 Å². The second-order valence-corrected chi connectivity index (χ2v) is 7.02. The van der Waals surface area contributed by atoms with Crippen molar-refractivity contribution in [1.82, 2.24) is 4.98 Å². The predicted octanol–water partition coefficient (Wildman–Crippen LogP) is 5.18. The van der Waals surface area contributed by atoms with Gasteiger partial charge in [0, 0.05) is 16.7 Å². The topological polar surface area (TPSA) is 55.1 Å². The van der Waals surface area contributed by atoms with Gasteiger partial charge in [0.25, 0.3) is 5.91 Å². The molecule has 1 amide bonds. The Morgan fingerprint density at radius 1 is 1.19 bits per heavy atom. The maximum Gasteiger partial charge on any atom is 0.293 e. The van der Waals surface area contributed by atoms with Crippen LogP contribution in [-0.4, -0.2) is 10.9 Å². The molecule has 2 aromatic carbocycles. The molecule has 4 rings (SSSR count). The maximum absolute atomic E-state index is 13.0. The second kappa shape index (κ2) is 6.72. The Hall–Kier alpha value is -2.99. The number of anilines is 1. The quantitative estimate of drug-likeness (QED) is 0.541. The lowest BCUT2D eigenvalue weighted by Gasteiger charge is -1.99. The summed E-state index contributed by atoms with van der Waals surface area (Å²) in [5.41, 5.74) is 2.51. The fraction of sp³-hybridized carbons (Fsp3) is 0.100. The molecule has 130 valence electrons. The number of aryl methyl sites for hydroxylation is 1. The molecule has 0 aliphatic heterocycles. The number of hydrogen-bond donors (Lipinski definition) is 1. The van der Waals surface area contributed by atoms with Gasteiger partial charge in [0.15, 0.2) is 10.9 Å². The smallest absolute Gasteiger partial charge is 0.293 e. The SMILES string of the molecule is Cc1nc(NC(=O)c2cc3ccccc3o2)sc1Cc1ccc(F)cc1. The zero-order valence-corrected chi connectivity index (χ0v) is 14.8. The second-order valence-electron chi connectivity index (χ2n) is 5.93. The number of amides is 1. The number of rotatable bonds is 4. The highest BCUT2D eigenvalue weighted by Gasteiger charge is 2.15. The van der Waals surface area contributed by atoms with Crippen LogP contribution in [-0.2, 0) is 6.42 Å². The van der Waals surface area contributed by atoms with Crippen molar-refractivity contribution in [3.05, 3.63) is 82.3 Å². The summed E-state index contributed by atoms with van der Waals surface area (Å²) in [4.78, 5) is 17.9. The summed E-state index contributed by atoms with van der Waals surface area (Å²) in [6.07, 6.45) is 0.643. The summed E-state index contributed by atoms with van der Waals surface area (Å²) in [7, 11) is 0. The van der Waals surface area contributed by atoms with E-state index in [2.05, 4.69) is 10.3 Å². The van der Waals surface area contributed by atoms with Gasteiger partial charge in [-0.2, -0.15) is 0 Å². The summed E-state index contributed by atoms with van der Waals surface area (Å²) >= 11 is 1.41. The molecule has 6 heteroatoms. The number of carbonyl (C=O) groups is 1. The minimum atomic E-state index is -0.330. The Bertz CT molecular complexity index is 1050. The van der Waals surface area contributed by atoms with Crippen LogP contribution in [0.25, 0.3) is 11.0 Å². The van der Waals surface area contributed by atoms with Crippen molar-refractivity contribution in [2.45, 2.75) is 13.3 Å². The predicted molar refractivity (Wildman–Crippen MR) is 100 cm³/mol. The fourth-order valence-electron chi connectivity index (χ4n) is 2.69. The standard InChI is InChI=1S/C20H15FN2O2S/c1-12-18(10-13-6-8-15(21)9-7-13)26-20(22-12)23-19(24)17-11-14-4-2-3-5-16(14)25-17/h2-9,11H,10H2,1H3,(H,22,23,24). The van der Waals surface area contributed by atoms with E-state index in [9.17, 15) is 9.18 Å². The van der Waals surface area contributed by atoms with E-state index in [0.29, 0.717) is 17.1 Å².